The third-order valence-corrected chi connectivity index (χ3v) is 2.33. The molecule has 0 heterocycles. The summed E-state index contributed by atoms with van der Waals surface area (Å²) in [7, 11) is 0. The molecule has 0 saturated heterocycles. The van der Waals surface area contributed by atoms with Crippen LogP contribution < -0.4 is 4.74 Å². The van der Waals surface area contributed by atoms with Gasteiger partial charge in [-0.05, 0) is 26.0 Å². The molecule has 0 saturated carbocycles. The van der Waals surface area contributed by atoms with E-state index >= 15 is 0 Å². The molecule has 17 heavy (non-hydrogen) atoms. The van der Waals surface area contributed by atoms with E-state index in [0.717, 1.165) is 6.07 Å². The fraction of sp³-hybridized carbons (Fsp3) is 0.364. The predicted octanol–water partition coefficient (Wildman–Crippen LogP) is 4.07. The molecule has 6 heteroatoms. The Labute approximate surface area is 105 Å². The second kappa shape index (κ2) is 5.08. The number of halogens is 4. The molecule has 0 aliphatic heterocycles. The van der Waals surface area contributed by atoms with Gasteiger partial charge in [0.05, 0.1) is 17.2 Å². The van der Waals surface area contributed by atoms with Crippen molar-refractivity contribution >= 4 is 22.2 Å². The molecule has 0 N–H and O–H groups in total. The summed E-state index contributed by atoms with van der Waals surface area (Å²) in [5.74, 6) is -0.425. The Morgan fingerprint density at radius 3 is 2.35 bits per heavy atom. The minimum Gasteiger partial charge on any atom is -0.490 e. The van der Waals surface area contributed by atoms with E-state index in [1.54, 1.807) is 13.8 Å². The fourth-order valence-electron chi connectivity index (χ4n) is 1.28. The highest BCUT2D eigenvalue weighted by molar-refractivity contribution is 9.10. The molecule has 0 aliphatic rings. The minimum absolute atomic E-state index is 0.125. The molecule has 1 aromatic rings. The molecular weight excluding hydrogens is 301 g/mol. The van der Waals surface area contributed by atoms with Gasteiger partial charge in [0.2, 0.25) is 0 Å². The zero-order chi connectivity index (χ0) is 13.2. The molecule has 0 atom stereocenters. The van der Waals surface area contributed by atoms with E-state index in [9.17, 15) is 18.0 Å². The van der Waals surface area contributed by atoms with Crippen LogP contribution in [0.25, 0.3) is 0 Å². The summed E-state index contributed by atoms with van der Waals surface area (Å²) >= 11 is 2.93. The van der Waals surface area contributed by atoms with Crippen molar-refractivity contribution in [2.45, 2.75) is 26.1 Å². The van der Waals surface area contributed by atoms with E-state index < -0.39 is 23.6 Å². The molecule has 0 unspecified atom stereocenters. The van der Waals surface area contributed by atoms with Crippen LogP contribution in [0.2, 0.25) is 0 Å². The zero-order valence-corrected chi connectivity index (χ0v) is 10.7. The Bertz CT molecular complexity index is 427. The van der Waals surface area contributed by atoms with Gasteiger partial charge >= 0.3 is 6.18 Å². The lowest BCUT2D eigenvalue weighted by Crippen LogP contribution is -2.14. The predicted molar refractivity (Wildman–Crippen MR) is 60.3 cm³/mol. The molecule has 0 aromatic heterocycles. The second-order valence-corrected chi connectivity index (χ2v) is 4.57. The highest BCUT2D eigenvalue weighted by Gasteiger charge is 2.36. The summed E-state index contributed by atoms with van der Waals surface area (Å²) in [6.07, 6.45) is -4.67. The number of ether oxygens (including phenoxy) is 1. The van der Waals surface area contributed by atoms with E-state index in [4.69, 9.17) is 4.74 Å². The second-order valence-electron chi connectivity index (χ2n) is 3.65. The number of carbonyl (C=O) groups excluding carboxylic acids is 1. The van der Waals surface area contributed by atoms with Crippen LogP contribution in [0.15, 0.2) is 16.6 Å². The summed E-state index contributed by atoms with van der Waals surface area (Å²) in [6.45, 7) is 3.19. The van der Waals surface area contributed by atoms with Crippen LogP contribution in [0, 0.1) is 0 Å². The Morgan fingerprint density at radius 1 is 1.35 bits per heavy atom. The number of hydrogen-bond acceptors (Lipinski definition) is 2. The van der Waals surface area contributed by atoms with Gasteiger partial charge in [0.15, 0.2) is 6.29 Å². The van der Waals surface area contributed by atoms with Gasteiger partial charge in [-0.3, -0.25) is 4.79 Å². The minimum atomic E-state index is -4.56. The van der Waals surface area contributed by atoms with E-state index in [0.29, 0.717) is 6.29 Å². The fourth-order valence-corrected chi connectivity index (χ4v) is 1.76. The standard InChI is InChI=1S/C11H10BrF3O2/c1-6(2)17-10-7(5-16)3-8(12)4-9(10)11(13,14)15/h3-6H,1-2H3. The van der Waals surface area contributed by atoms with Crippen molar-refractivity contribution in [1.82, 2.24) is 0 Å². The first-order valence-electron chi connectivity index (χ1n) is 4.78. The lowest BCUT2D eigenvalue weighted by molar-refractivity contribution is -0.139. The SMILES string of the molecule is CC(C)Oc1c(C=O)cc(Br)cc1C(F)(F)F. The van der Waals surface area contributed by atoms with Crippen LogP contribution in [-0.2, 0) is 6.18 Å². The lowest BCUT2D eigenvalue weighted by atomic mass is 10.1. The van der Waals surface area contributed by atoms with E-state index in [2.05, 4.69) is 15.9 Å². The van der Waals surface area contributed by atoms with Gasteiger partial charge in [-0.25, -0.2) is 0 Å². The van der Waals surface area contributed by atoms with Crippen molar-refractivity contribution in [1.29, 1.82) is 0 Å². The largest absolute Gasteiger partial charge is 0.490 e. The molecule has 0 spiro atoms. The average Bonchev–Trinajstić information content (AvgIpc) is 2.17. The van der Waals surface area contributed by atoms with E-state index in [1.165, 1.54) is 6.07 Å². The van der Waals surface area contributed by atoms with Gasteiger partial charge in [-0.2, -0.15) is 13.2 Å². The molecule has 0 fully saturated rings. The number of rotatable bonds is 3. The molecule has 1 rings (SSSR count). The van der Waals surface area contributed by atoms with Crippen molar-refractivity contribution in [2.24, 2.45) is 0 Å². The Balaban J connectivity index is 3.44. The maximum atomic E-state index is 12.8. The third-order valence-electron chi connectivity index (χ3n) is 1.87. The Kier molecular flexibility index (Phi) is 4.19. The Morgan fingerprint density at radius 2 is 1.94 bits per heavy atom. The number of carbonyl (C=O) groups is 1. The van der Waals surface area contributed by atoms with Gasteiger partial charge in [0, 0.05) is 4.47 Å². The van der Waals surface area contributed by atoms with Gasteiger partial charge in [0.25, 0.3) is 0 Å². The van der Waals surface area contributed by atoms with Gasteiger partial charge in [-0.1, -0.05) is 15.9 Å². The van der Waals surface area contributed by atoms with Crippen molar-refractivity contribution in [3.05, 3.63) is 27.7 Å². The smallest absolute Gasteiger partial charge is 0.420 e. The number of hydrogen-bond donors (Lipinski definition) is 0. The molecule has 0 bridgehead atoms. The molecule has 1 aromatic carbocycles. The van der Waals surface area contributed by atoms with Crippen LogP contribution in [0.1, 0.15) is 29.8 Å². The maximum absolute atomic E-state index is 12.8. The topological polar surface area (TPSA) is 26.3 Å². The maximum Gasteiger partial charge on any atom is 0.420 e. The van der Waals surface area contributed by atoms with Crippen molar-refractivity contribution in [3.8, 4) is 5.75 Å². The number of aldehydes is 1. The van der Waals surface area contributed by atoms with Crippen LogP contribution in [0.4, 0.5) is 13.2 Å². The summed E-state index contributed by atoms with van der Waals surface area (Å²) < 4.78 is 43.6. The summed E-state index contributed by atoms with van der Waals surface area (Å²) in [6, 6.07) is 2.19. The first kappa shape index (κ1) is 14.0. The van der Waals surface area contributed by atoms with Gasteiger partial charge in [-0.15, -0.1) is 0 Å². The van der Waals surface area contributed by atoms with Gasteiger partial charge in [0.1, 0.15) is 5.75 Å². The average molecular weight is 311 g/mol. The van der Waals surface area contributed by atoms with Gasteiger partial charge < -0.3 is 4.74 Å². The number of benzene rings is 1. The Hall–Kier alpha value is -1.04. The zero-order valence-electron chi connectivity index (χ0n) is 9.14. The highest BCUT2D eigenvalue weighted by Crippen LogP contribution is 2.40. The van der Waals surface area contributed by atoms with E-state index in [-0.39, 0.29) is 10.0 Å². The molecule has 2 nitrogen and oxygen atoms in total. The first-order valence-corrected chi connectivity index (χ1v) is 5.57. The third kappa shape index (κ3) is 3.46. The molecule has 0 aliphatic carbocycles. The normalized spacial score (nSPS) is 11.7. The lowest BCUT2D eigenvalue weighted by Gasteiger charge is -2.18. The molecule has 0 radical (unpaired) electrons. The van der Waals surface area contributed by atoms with Crippen LogP contribution in [0.3, 0.4) is 0 Å². The van der Waals surface area contributed by atoms with Crippen LogP contribution in [0.5, 0.6) is 5.75 Å². The number of alkyl halides is 3. The quantitative estimate of drug-likeness (QED) is 0.787. The monoisotopic (exact) mass is 310 g/mol. The van der Waals surface area contributed by atoms with Crippen LogP contribution >= 0.6 is 15.9 Å². The molecule has 0 amide bonds. The summed E-state index contributed by atoms with van der Waals surface area (Å²) in [5.41, 5.74) is -1.08. The molecular formula is C11H10BrF3O2. The van der Waals surface area contributed by atoms with Crippen LogP contribution in [-0.4, -0.2) is 12.4 Å². The highest BCUT2D eigenvalue weighted by atomic mass is 79.9. The molecule has 94 valence electrons. The van der Waals surface area contributed by atoms with E-state index in [1.807, 2.05) is 0 Å². The van der Waals surface area contributed by atoms with Crippen molar-refractivity contribution < 1.29 is 22.7 Å². The van der Waals surface area contributed by atoms with Crippen molar-refractivity contribution in [3.63, 3.8) is 0 Å². The first-order chi connectivity index (χ1) is 7.75. The van der Waals surface area contributed by atoms with Crippen molar-refractivity contribution in [2.75, 3.05) is 0 Å². The summed E-state index contributed by atoms with van der Waals surface area (Å²) in [5, 5.41) is 0. The summed E-state index contributed by atoms with van der Waals surface area (Å²) in [4.78, 5) is 10.8.